The molecule has 0 atom stereocenters. The van der Waals surface area contributed by atoms with Crippen molar-refractivity contribution in [1.29, 1.82) is 0 Å². The van der Waals surface area contributed by atoms with Crippen LogP contribution in [0.2, 0.25) is 0 Å². The second-order valence-corrected chi connectivity index (χ2v) is 9.99. The van der Waals surface area contributed by atoms with Gasteiger partial charge in [-0.05, 0) is 42.8 Å². The van der Waals surface area contributed by atoms with Gasteiger partial charge in [0.1, 0.15) is 11.3 Å². The van der Waals surface area contributed by atoms with Crippen LogP contribution >= 0.6 is 11.3 Å². The number of piperazine rings is 1. The summed E-state index contributed by atoms with van der Waals surface area (Å²) in [6.45, 7) is 6.96. The molecule has 2 aliphatic heterocycles. The molecule has 0 radical (unpaired) electrons. The number of thiazole rings is 1. The lowest BCUT2D eigenvalue weighted by Gasteiger charge is -2.34. The molecule has 2 aliphatic rings. The number of amides is 3. The molecule has 5 rings (SSSR count). The first-order chi connectivity index (χ1) is 17.4. The highest BCUT2D eigenvalue weighted by Gasteiger charge is 2.30. The third kappa shape index (κ3) is 4.78. The van der Waals surface area contributed by atoms with Crippen LogP contribution in [0, 0.1) is 6.92 Å². The fourth-order valence-corrected chi connectivity index (χ4v) is 5.72. The van der Waals surface area contributed by atoms with Crippen LogP contribution in [0.3, 0.4) is 0 Å². The lowest BCUT2D eigenvalue weighted by Crippen LogP contribution is -2.48. The fraction of sp³-hybridized carbons (Fsp3) is 0.385. The van der Waals surface area contributed by atoms with Gasteiger partial charge < -0.3 is 15.0 Å². The second-order valence-electron chi connectivity index (χ2n) is 9.01. The molecule has 1 N–H and O–H groups in total. The normalized spacial score (nSPS) is 16.7. The number of hydrogen-bond acceptors (Lipinski definition) is 8. The van der Waals surface area contributed by atoms with E-state index in [4.69, 9.17) is 9.72 Å². The van der Waals surface area contributed by atoms with Crippen LogP contribution < -0.4 is 19.9 Å². The van der Waals surface area contributed by atoms with Crippen LogP contribution in [0.5, 0.6) is 5.75 Å². The average Bonchev–Trinajstić information content (AvgIpc) is 3.49. The largest absolute Gasteiger partial charge is 0.494 e. The van der Waals surface area contributed by atoms with Crippen molar-refractivity contribution in [2.24, 2.45) is 0 Å². The summed E-state index contributed by atoms with van der Waals surface area (Å²) in [4.78, 5) is 47.0. The van der Waals surface area contributed by atoms with Gasteiger partial charge in [0.25, 0.3) is 5.91 Å². The van der Waals surface area contributed by atoms with Crippen molar-refractivity contribution in [3.05, 3.63) is 47.5 Å². The van der Waals surface area contributed by atoms with Crippen LogP contribution in [0.15, 0.2) is 36.4 Å². The molecule has 9 nitrogen and oxygen atoms in total. The predicted molar refractivity (Wildman–Crippen MR) is 140 cm³/mol. The van der Waals surface area contributed by atoms with Crippen LogP contribution in [-0.4, -0.2) is 74.0 Å². The topological polar surface area (TPSA) is 95.1 Å². The highest BCUT2D eigenvalue weighted by atomic mass is 32.1. The van der Waals surface area contributed by atoms with E-state index in [9.17, 15) is 14.4 Å². The second kappa shape index (κ2) is 10.2. The van der Waals surface area contributed by atoms with E-state index in [2.05, 4.69) is 28.1 Å². The van der Waals surface area contributed by atoms with Gasteiger partial charge in [0.15, 0.2) is 5.13 Å². The van der Waals surface area contributed by atoms with E-state index in [1.54, 1.807) is 42.7 Å². The minimum absolute atomic E-state index is 0.168. The van der Waals surface area contributed by atoms with Gasteiger partial charge >= 0.3 is 0 Å². The van der Waals surface area contributed by atoms with Gasteiger partial charge in [-0.15, -0.1) is 0 Å². The van der Waals surface area contributed by atoms with Gasteiger partial charge in [-0.2, -0.15) is 0 Å². The number of nitrogens with one attached hydrogen (secondary N) is 1. The van der Waals surface area contributed by atoms with E-state index >= 15 is 0 Å². The van der Waals surface area contributed by atoms with E-state index in [1.807, 2.05) is 6.07 Å². The maximum atomic E-state index is 12.5. The lowest BCUT2D eigenvalue weighted by atomic mass is 10.2. The monoisotopic (exact) mass is 507 g/mol. The molecule has 0 aliphatic carbocycles. The summed E-state index contributed by atoms with van der Waals surface area (Å²) < 4.78 is 6.65. The third-order valence-corrected chi connectivity index (χ3v) is 7.96. The first-order valence-electron chi connectivity index (χ1n) is 12.1. The van der Waals surface area contributed by atoms with Crippen molar-refractivity contribution in [1.82, 2.24) is 15.2 Å². The highest BCUT2D eigenvalue weighted by Crippen LogP contribution is 2.36. The Morgan fingerprint density at radius 1 is 1.03 bits per heavy atom. The van der Waals surface area contributed by atoms with Gasteiger partial charge in [-0.3, -0.25) is 24.2 Å². The number of aryl methyl sites for hydroxylation is 1. The number of hydrogen-bond donors (Lipinski definition) is 1. The Hall–Kier alpha value is -3.50. The Kier molecular flexibility index (Phi) is 6.88. The summed E-state index contributed by atoms with van der Waals surface area (Å²) in [5, 5.41) is 3.99. The van der Waals surface area contributed by atoms with Crippen molar-refractivity contribution in [2.75, 3.05) is 56.2 Å². The van der Waals surface area contributed by atoms with E-state index in [-0.39, 0.29) is 30.6 Å². The molecule has 0 spiro atoms. The standard InChI is InChI=1S/C26H29N5O4S/c1-17-3-8-20(35-2)23-24(17)36-26(28-23)30-15-13-29(14-16-30)12-11-27-25(34)18-4-6-19(7-5-18)31-21(32)9-10-22(31)33/h3-8H,9-16H2,1-2H3,(H,27,34). The minimum atomic E-state index is -0.199. The number of carbonyl (C=O) groups excluding carboxylic acids is 3. The summed E-state index contributed by atoms with van der Waals surface area (Å²) in [6.07, 6.45) is 0.481. The van der Waals surface area contributed by atoms with Gasteiger partial charge in [0.05, 0.1) is 17.5 Å². The Labute approximate surface area is 213 Å². The Morgan fingerprint density at radius 3 is 2.39 bits per heavy atom. The fourth-order valence-electron chi connectivity index (χ4n) is 4.62. The molecular weight excluding hydrogens is 478 g/mol. The summed E-state index contributed by atoms with van der Waals surface area (Å²) in [5.74, 6) is 0.240. The quantitative estimate of drug-likeness (QED) is 0.492. The molecule has 1 aromatic heterocycles. The van der Waals surface area contributed by atoms with Crippen LogP contribution in [0.1, 0.15) is 28.8 Å². The molecule has 3 aromatic rings. The average molecular weight is 508 g/mol. The van der Waals surface area contributed by atoms with Gasteiger partial charge in [0.2, 0.25) is 11.8 Å². The van der Waals surface area contributed by atoms with Crippen LogP contribution in [0.25, 0.3) is 10.2 Å². The maximum Gasteiger partial charge on any atom is 0.251 e. The van der Waals surface area contributed by atoms with E-state index < -0.39 is 0 Å². The zero-order chi connectivity index (χ0) is 25.2. The molecule has 0 bridgehead atoms. The minimum Gasteiger partial charge on any atom is -0.494 e. The maximum absolute atomic E-state index is 12.5. The third-order valence-electron chi connectivity index (χ3n) is 6.71. The molecule has 36 heavy (non-hydrogen) atoms. The summed E-state index contributed by atoms with van der Waals surface area (Å²) in [5.41, 5.74) is 3.15. The van der Waals surface area contributed by atoms with E-state index in [0.717, 1.165) is 49.1 Å². The number of rotatable bonds is 7. The Morgan fingerprint density at radius 2 is 1.72 bits per heavy atom. The van der Waals surface area contributed by atoms with Crippen molar-refractivity contribution in [2.45, 2.75) is 19.8 Å². The zero-order valence-corrected chi connectivity index (χ0v) is 21.3. The molecular formula is C26H29N5O4S. The Balaban J connectivity index is 1.10. The van der Waals surface area contributed by atoms with E-state index in [1.165, 1.54) is 15.2 Å². The molecule has 10 heteroatoms. The molecule has 2 fully saturated rings. The summed E-state index contributed by atoms with van der Waals surface area (Å²) >= 11 is 1.71. The predicted octanol–water partition coefficient (Wildman–Crippen LogP) is 2.82. The summed E-state index contributed by atoms with van der Waals surface area (Å²) in [6, 6.07) is 10.6. The SMILES string of the molecule is COc1ccc(C)c2sc(N3CCN(CCNC(=O)c4ccc(N5C(=O)CCC5=O)cc4)CC3)nc12. The van der Waals surface area contributed by atoms with Crippen molar-refractivity contribution < 1.29 is 19.1 Å². The van der Waals surface area contributed by atoms with Gasteiger partial charge in [0, 0.05) is 57.7 Å². The van der Waals surface area contributed by atoms with Crippen molar-refractivity contribution in [3.8, 4) is 5.75 Å². The molecule has 3 heterocycles. The molecule has 0 saturated carbocycles. The van der Waals surface area contributed by atoms with Crippen LogP contribution in [-0.2, 0) is 9.59 Å². The molecule has 3 amide bonds. The summed E-state index contributed by atoms with van der Waals surface area (Å²) in [7, 11) is 1.68. The molecule has 188 valence electrons. The number of methoxy groups -OCH3 is 1. The van der Waals surface area contributed by atoms with Crippen LogP contribution in [0.4, 0.5) is 10.8 Å². The Bertz CT molecular complexity index is 1280. The van der Waals surface area contributed by atoms with Gasteiger partial charge in [-0.1, -0.05) is 17.4 Å². The molecule has 0 unspecified atom stereocenters. The number of nitrogens with zero attached hydrogens (tertiary/aromatic N) is 4. The van der Waals surface area contributed by atoms with E-state index in [0.29, 0.717) is 17.8 Å². The number of ether oxygens (including phenoxy) is 1. The number of anilines is 2. The first-order valence-corrected chi connectivity index (χ1v) is 12.9. The van der Waals surface area contributed by atoms with Crippen molar-refractivity contribution >= 4 is 50.1 Å². The number of carbonyl (C=O) groups is 3. The van der Waals surface area contributed by atoms with Crippen molar-refractivity contribution in [3.63, 3.8) is 0 Å². The number of imide groups is 1. The smallest absolute Gasteiger partial charge is 0.251 e. The van der Waals surface area contributed by atoms with Gasteiger partial charge in [-0.25, -0.2) is 4.98 Å². The first kappa shape index (κ1) is 24.2. The molecule has 2 saturated heterocycles. The molecule has 2 aromatic carbocycles. The number of aromatic nitrogens is 1. The number of benzene rings is 2. The lowest BCUT2D eigenvalue weighted by molar-refractivity contribution is -0.121. The highest BCUT2D eigenvalue weighted by molar-refractivity contribution is 7.22. The number of fused-ring (bicyclic) bond motifs is 1. The zero-order valence-electron chi connectivity index (χ0n) is 20.5.